The fraction of sp³-hybridized carbons (Fsp3) is 0.769. The van der Waals surface area contributed by atoms with Gasteiger partial charge in [-0.2, -0.15) is 0 Å². The van der Waals surface area contributed by atoms with Gasteiger partial charge in [0.05, 0.1) is 42.2 Å². The number of rotatable bonds is 1. The summed E-state index contributed by atoms with van der Waals surface area (Å²) >= 11 is 0. The first-order valence-electron chi connectivity index (χ1n) is 12.1. The Hall–Kier alpha value is -1.70. The number of furan rings is 1. The summed E-state index contributed by atoms with van der Waals surface area (Å²) in [6.45, 7) is 9.67. The number of ether oxygens (including phenoxy) is 1. The third-order valence-corrected chi connectivity index (χ3v) is 10.9. The van der Waals surface area contributed by atoms with Crippen LogP contribution in [0, 0.1) is 33.5 Å². The van der Waals surface area contributed by atoms with Crippen molar-refractivity contribution in [1.82, 2.24) is 0 Å². The molecule has 0 radical (unpaired) electrons. The van der Waals surface area contributed by atoms with Crippen LogP contribution in [0.1, 0.15) is 78.4 Å². The van der Waals surface area contributed by atoms with Crippen molar-refractivity contribution in [2.24, 2.45) is 33.5 Å². The zero-order chi connectivity index (χ0) is 24.2. The fourth-order valence-electron chi connectivity index (χ4n) is 8.68. The SMILES string of the molecule is CC1(C)C2CC(=O)[C@]3(C)C(CC[C@@]4(C)[C@H](c5ccoc5)OC(=O)CC43O)[C@@]2(C)[C@@H](O)C[C@H]1O. The van der Waals surface area contributed by atoms with E-state index < -0.39 is 51.5 Å². The first kappa shape index (κ1) is 23.1. The topological polar surface area (TPSA) is 117 Å². The summed E-state index contributed by atoms with van der Waals surface area (Å²) in [6, 6.07) is 1.73. The minimum absolute atomic E-state index is 0.0987. The molecule has 0 amide bonds. The molecule has 4 aliphatic rings. The van der Waals surface area contributed by atoms with Crippen LogP contribution in [0.4, 0.5) is 0 Å². The highest BCUT2D eigenvalue weighted by atomic mass is 16.6. The molecule has 3 unspecified atom stereocenters. The number of aliphatic hydroxyl groups is 3. The molecule has 7 nitrogen and oxygen atoms in total. The van der Waals surface area contributed by atoms with Gasteiger partial charge in [-0.05, 0) is 43.1 Å². The number of cyclic esters (lactones) is 1. The summed E-state index contributed by atoms with van der Waals surface area (Å²) in [4.78, 5) is 26.9. The second kappa shape index (κ2) is 6.70. The van der Waals surface area contributed by atoms with Gasteiger partial charge in [0.2, 0.25) is 0 Å². The molecule has 4 fully saturated rings. The highest BCUT2D eigenvalue weighted by Crippen LogP contribution is 2.73. The quantitative estimate of drug-likeness (QED) is 0.551. The van der Waals surface area contributed by atoms with E-state index in [9.17, 15) is 24.9 Å². The first-order valence-corrected chi connectivity index (χ1v) is 12.1. The molecule has 1 aliphatic heterocycles. The number of hydrogen-bond acceptors (Lipinski definition) is 7. The van der Waals surface area contributed by atoms with Gasteiger partial charge in [-0.3, -0.25) is 9.59 Å². The number of Topliss-reactive ketones (excluding diaryl/α,β-unsaturated/α-hetero) is 1. The van der Waals surface area contributed by atoms with Crippen LogP contribution in [0.2, 0.25) is 0 Å². The molecule has 5 rings (SSSR count). The van der Waals surface area contributed by atoms with Crippen molar-refractivity contribution in [3.05, 3.63) is 24.2 Å². The zero-order valence-corrected chi connectivity index (χ0v) is 20.1. The van der Waals surface area contributed by atoms with Crippen LogP contribution < -0.4 is 0 Å². The molecule has 7 heteroatoms. The fourth-order valence-corrected chi connectivity index (χ4v) is 8.68. The van der Waals surface area contributed by atoms with E-state index in [2.05, 4.69) is 0 Å². The van der Waals surface area contributed by atoms with Gasteiger partial charge in [-0.1, -0.05) is 27.7 Å². The third kappa shape index (κ3) is 2.51. The number of esters is 1. The molecule has 3 N–H and O–H groups in total. The standard InChI is InChI=1S/C26H36O7/c1-22(2)16-10-19(29)25(5)15(24(16,4)18(28)11-17(22)27)6-8-23(3)21(14-7-9-32-13-14)33-20(30)12-26(23,25)31/h7,9,13,15-18,21,27-28,31H,6,8,10-12H2,1-5H3/t15?,16?,17-,18+,21+,23+,24-,25+,26?/m1/s1. The lowest BCUT2D eigenvalue weighted by atomic mass is 9.33. The summed E-state index contributed by atoms with van der Waals surface area (Å²) in [5.74, 6) is -1.21. The number of carbonyl (C=O) groups is 2. The van der Waals surface area contributed by atoms with E-state index >= 15 is 0 Å². The highest BCUT2D eigenvalue weighted by Gasteiger charge is 2.78. The Kier molecular flexibility index (Phi) is 4.68. The predicted molar refractivity (Wildman–Crippen MR) is 118 cm³/mol. The maximum Gasteiger partial charge on any atom is 0.309 e. The molecule has 182 valence electrons. The zero-order valence-electron chi connectivity index (χ0n) is 20.1. The van der Waals surface area contributed by atoms with Crippen LogP contribution in [0.25, 0.3) is 0 Å². The van der Waals surface area contributed by atoms with E-state index in [-0.39, 0.29) is 36.9 Å². The molecule has 1 saturated heterocycles. The maximum absolute atomic E-state index is 14.1. The van der Waals surface area contributed by atoms with Crippen LogP contribution in [0.5, 0.6) is 0 Å². The van der Waals surface area contributed by atoms with Crippen LogP contribution in [-0.2, 0) is 14.3 Å². The Morgan fingerprint density at radius 3 is 2.36 bits per heavy atom. The number of ketones is 1. The molecule has 9 atom stereocenters. The number of fused-ring (bicyclic) bond motifs is 5. The molecule has 3 saturated carbocycles. The summed E-state index contributed by atoms with van der Waals surface area (Å²) in [7, 11) is 0. The average Bonchev–Trinajstić information content (AvgIpc) is 3.25. The summed E-state index contributed by atoms with van der Waals surface area (Å²) < 4.78 is 11.0. The van der Waals surface area contributed by atoms with Crippen LogP contribution in [0.3, 0.4) is 0 Å². The van der Waals surface area contributed by atoms with Gasteiger partial charge in [0, 0.05) is 29.2 Å². The molecular formula is C26H36O7. The lowest BCUT2D eigenvalue weighted by Gasteiger charge is -2.72. The van der Waals surface area contributed by atoms with Gasteiger partial charge in [0.25, 0.3) is 0 Å². The van der Waals surface area contributed by atoms with Gasteiger partial charge in [-0.15, -0.1) is 0 Å². The molecule has 0 bridgehead atoms. The van der Waals surface area contributed by atoms with E-state index in [1.165, 1.54) is 12.5 Å². The monoisotopic (exact) mass is 460 g/mol. The molecular weight excluding hydrogens is 424 g/mol. The molecule has 33 heavy (non-hydrogen) atoms. The predicted octanol–water partition coefficient (Wildman–Crippen LogP) is 3.17. The smallest absolute Gasteiger partial charge is 0.309 e. The minimum Gasteiger partial charge on any atom is -0.472 e. The van der Waals surface area contributed by atoms with E-state index in [1.807, 2.05) is 27.7 Å². The van der Waals surface area contributed by atoms with Gasteiger partial charge in [0.15, 0.2) is 0 Å². The van der Waals surface area contributed by atoms with Crippen LogP contribution in [0.15, 0.2) is 23.0 Å². The first-order chi connectivity index (χ1) is 15.2. The van der Waals surface area contributed by atoms with Crippen molar-refractivity contribution < 1.29 is 34.1 Å². The van der Waals surface area contributed by atoms with Crippen molar-refractivity contribution >= 4 is 11.8 Å². The largest absolute Gasteiger partial charge is 0.472 e. The van der Waals surface area contributed by atoms with Crippen LogP contribution in [-0.4, -0.2) is 44.9 Å². The Morgan fingerprint density at radius 1 is 1.03 bits per heavy atom. The van der Waals surface area contributed by atoms with Gasteiger partial charge in [0.1, 0.15) is 11.9 Å². The Bertz CT molecular complexity index is 985. The second-order valence-electron chi connectivity index (χ2n) is 12.3. The molecule has 3 aliphatic carbocycles. The van der Waals surface area contributed by atoms with Crippen molar-refractivity contribution in [3.8, 4) is 0 Å². The third-order valence-electron chi connectivity index (χ3n) is 10.9. The number of aliphatic hydroxyl groups excluding tert-OH is 2. The van der Waals surface area contributed by atoms with E-state index in [1.54, 1.807) is 13.0 Å². The van der Waals surface area contributed by atoms with E-state index in [0.29, 0.717) is 18.4 Å². The summed E-state index contributed by atoms with van der Waals surface area (Å²) in [5, 5.41) is 34.6. The Balaban J connectivity index is 1.68. The molecule has 0 spiro atoms. The highest BCUT2D eigenvalue weighted by molar-refractivity contribution is 5.90. The van der Waals surface area contributed by atoms with E-state index in [0.717, 1.165) is 0 Å². The molecule has 2 heterocycles. The Morgan fingerprint density at radius 2 is 1.73 bits per heavy atom. The normalized spacial score (nSPS) is 51.2. The molecule has 1 aromatic heterocycles. The van der Waals surface area contributed by atoms with Gasteiger partial charge >= 0.3 is 5.97 Å². The molecule has 1 aromatic rings. The van der Waals surface area contributed by atoms with Gasteiger partial charge in [-0.25, -0.2) is 0 Å². The minimum atomic E-state index is -1.65. The maximum atomic E-state index is 14.1. The van der Waals surface area contributed by atoms with Crippen molar-refractivity contribution in [1.29, 1.82) is 0 Å². The Labute approximate surface area is 194 Å². The van der Waals surface area contributed by atoms with Crippen molar-refractivity contribution in [2.45, 2.75) is 90.6 Å². The second-order valence-corrected chi connectivity index (χ2v) is 12.3. The van der Waals surface area contributed by atoms with Gasteiger partial charge < -0.3 is 24.5 Å². The average molecular weight is 461 g/mol. The van der Waals surface area contributed by atoms with Crippen molar-refractivity contribution in [3.63, 3.8) is 0 Å². The summed E-state index contributed by atoms with van der Waals surface area (Å²) in [6.07, 6.45) is 2.03. The summed E-state index contributed by atoms with van der Waals surface area (Å²) in [5.41, 5.74) is -4.37. The van der Waals surface area contributed by atoms with Crippen LogP contribution >= 0.6 is 0 Å². The number of carbonyl (C=O) groups excluding carboxylic acids is 2. The lowest BCUT2D eigenvalue weighted by Crippen LogP contribution is -2.77. The molecule has 0 aromatic carbocycles. The van der Waals surface area contributed by atoms with Crippen molar-refractivity contribution in [2.75, 3.05) is 0 Å². The lowest BCUT2D eigenvalue weighted by molar-refractivity contribution is -0.306. The number of hydrogen-bond donors (Lipinski definition) is 3. The van der Waals surface area contributed by atoms with E-state index in [4.69, 9.17) is 9.15 Å².